The monoisotopic (exact) mass is 797 g/mol. The first-order valence-electron chi connectivity index (χ1n) is 15.5. The predicted molar refractivity (Wildman–Crippen MR) is 185 cm³/mol. The van der Waals surface area contributed by atoms with Gasteiger partial charge in [0, 0.05) is 73.1 Å². The van der Waals surface area contributed by atoms with Gasteiger partial charge in [-0.2, -0.15) is 6.07 Å². The van der Waals surface area contributed by atoms with Crippen molar-refractivity contribution in [1.29, 1.82) is 0 Å². The van der Waals surface area contributed by atoms with E-state index in [2.05, 4.69) is 118 Å². The van der Waals surface area contributed by atoms with E-state index in [-0.39, 0.29) is 26.5 Å². The number of rotatable bonds is 6. The normalized spacial score (nSPS) is 12.6. The van der Waals surface area contributed by atoms with E-state index in [4.69, 9.17) is 9.72 Å². The van der Waals surface area contributed by atoms with Crippen LogP contribution in [-0.4, -0.2) is 14.5 Å². The van der Waals surface area contributed by atoms with E-state index >= 15 is 0 Å². The van der Waals surface area contributed by atoms with E-state index in [1.165, 1.54) is 22.4 Å². The number of anilines is 4. The molecule has 2 aromatic heterocycles. The number of nitrogens with zero attached hydrogens (tertiary/aromatic N) is 5. The van der Waals surface area contributed by atoms with Crippen molar-refractivity contribution in [3.63, 3.8) is 0 Å². The zero-order chi connectivity index (χ0) is 32.0. The second-order valence-corrected chi connectivity index (χ2v) is 12.8. The summed E-state index contributed by atoms with van der Waals surface area (Å²) >= 11 is 0. The Morgan fingerprint density at radius 3 is 2.13 bits per heavy atom. The van der Waals surface area contributed by atoms with Gasteiger partial charge in [-0.25, -0.2) is 4.98 Å². The molecule has 0 unspecified atom stereocenters. The van der Waals surface area contributed by atoms with Crippen molar-refractivity contribution in [2.45, 2.75) is 47.0 Å². The molecule has 0 amide bonds. The molecule has 0 bridgehead atoms. The average molecular weight is 798 g/mol. The van der Waals surface area contributed by atoms with Gasteiger partial charge in [-0.1, -0.05) is 62.7 Å². The largest absolute Gasteiger partial charge is 0.503 e. The van der Waals surface area contributed by atoms with Gasteiger partial charge >= 0.3 is 0 Å². The summed E-state index contributed by atoms with van der Waals surface area (Å²) < 4.78 is 8.35. The van der Waals surface area contributed by atoms with Gasteiger partial charge in [0.05, 0.1) is 5.82 Å². The van der Waals surface area contributed by atoms with Gasteiger partial charge < -0.3 is 19.1 Å². The Bertz CT molecular complexity index is 2040. The fourth-order valence-corrected chi connectivity index (χ4v) is 6.09. The Labute approximate surface area is 292 Å². The maximum absolute atomic E-state index is 6.36. The van der Waals surface area contributed by atoms with Crippen molar-refractivity contribution < 1.29 is 25.8 Å². The molecule has 7 rings (SSSR count). The van der Waals surface area contributed by atoms with E-state index in [0.29, 0.717) is 11.5 Å². The SMILES string of the molecule is Cc1cc(C)c(N2[CH-]N(c3[c-]c(Oc4[c-]c(-c5nccn5-c5cccc(C(C)(C)C)n5)ccc4)ccc3)c3ccccc32)c(C)c1.[Pt]. The van der Waals surface area contributed by atoms with Crippen LogP contribution in [0, 0.1) is 39.6 Å². The number of hydrogen-bond acceptors (Lipinski definition) is 5. The molecule has 0 fully saturated rings. The summed E-state index contributed by atoms with van der Waals surface area (Å²) in [4.78, 5) is 14.0. The number of para-hydroxylation sites is 2. The second-order valence-electron chi connectivity index (χ2n) is 12.8. The summed E-state index contributed by atoms with van der Waals surface area (Å²) in [5.74, 6) is 2.73. The van der Waals surface area contributed by atoms with E-state index < -0.39 is 0 Å². The number of benzene rings is 4. The smallest absolute Gasteiger partial charge is 0.130 e. The van der Waals surface area contributed by atoms with E-state index in [1.54, 1.807) is 6.20 Å². The fourth-order valence-electron chi connectivity index (χ4n) is 6.09. The number of hydrogen-bond donors (Lipinski definition) is 0. The summed E-state index contributed by atoms with van der Waals surface area (Å²) in [6.45, 7) is 15.1. The molecule has 0 saturated carbocycles. The minimum Gasteiger partial charge on any atom is -0.503 e. The standard InChI is InChI=1S/C40H36N5O.Pt/c1-27-22-28(2)38(29(3)23-27)45-26-44(34-16-7-8-17-35(34)45)31-13-10-15-33(25-31)46-32-14-9-12-30(24-32)39-41-20-21-43(39)37-19-11-18-36(42-37)40(4,5)6;/h7-23,26H,1-6H3;/q-3;. The molecule has 0 N–H and O–H groups in total. The quantitative estimate of drug-likeness (QED) is 0.157. The molecular formula is C40H36N5OPt-3. The summed E-state index contributed by atoms with van der Waals surface area (Å²) in [5, 5.41) is 0. The van der Waals surface area contributed by atoms with Gasteiger partial charge in [0.15, 0.2) is 0 Å². The van der Waals surface area contributed by atoms with Crippen LogP contribution in [0.15, 0.2) is 103 Å². The van der Waals surface area contributed by atoms with Gasteiger partial charge in [-0.15, -0.1) is 54.3 Å². The molecule has 4 aromatic carbocycles. The molecule has 0 aliphatic carbocycles. The van der Waals surface area contributed by atoms with Crippen molar-refractivity contribution in [3.05, 3.63) is 145 Å². The van der Waals surface area contributed by atoms with Crippen LogP contribution >= 0.6 is 0 Å². The van der Waals surface area contributed by atoms with Crippen molar-refractivity contribution >= 4 is 22.7 Å². The molecule has 0 atom stereocenters. The molecule has 6 aromatic rings. The predicted octanol–water partition coefficient (Wildman–Crippen LogP) is 9.96. The van der Waals surface area contributed by atoms with Crippen LogP contribution in [0.1, 0.15) is 43.2 Å². The Balaban J connectivity index is 0.00000386. The molecule has 1 aliphatic heterocycles. The zero-order valence-electron chi connectivity index (χ0n) is 27.4. The van der Waals surface area contributed by atoms with E-state index in [9.17, 15) is 0 Å². The van der Waals surface area contributed by atoms with Gasteiger partial charge in [0.1, 0.15) is 5.82 Å². The van der Waals surface area contributed by atoms with Crippen LogP contribution < -0.4 is 14.5 Å². The fraction of sp³-hybridized carbons (Fsp3) is 0.175. The van der Waals surface area contributed by atoms with Gasteiger partial charge in [0.25, 0.3) is 0 Å². The second kappa shape index (κ2) is 12.8. The molecule has 0 saturated heterocycles. The topological polar surface area (TPSA) is 46.4 Å². The maximum atomic E-state index is 6.36. The van der Waals surface area contributed by atoms with Crippen molar-refractivity contribution in [2.75, 3.05) is 9.80 Å². The molecule has 1 aliphatic rings. The molecule has 7 heteroatoms. The number of pyridine rings is 1. The Morgan fingerprint density at radius 2 is 1.40 bits per heavy atom. The van der Waals surface area contributed by atoms with Crippen LogP contribution in [0.3, 0.4) is 0 Å². The van der Waals surface area contributed by atoms with Crippen LogP contribution in [0.2, 0.25) is 0 Å². The Morgan fingerprint density at radius 1 is 0.745 bits per heavy atom. The van der Waals surface area contributed by atoms with Gasteiger partial charge in [0.2, 0.25) is 0 Å². The van der Waals surface area contributed by atoms with Crippen molar-refractivity contribution in [2.24, 2.45) is 0 Å². The van der Waals surface area contributed by atoms with Gasteiger partial charge in [-0.3, -0.25) is 4.98 Å². The van der Waals surface area contributed by atoms with Crippen LogP contribution in [0.4, 0.5) is 22.7 Å². The minimum absolute atomic E-state index is 0. The first-order valence-corrected chi connectivity index (χ1v) is 15.5. The first-order chi connectivity index (χ1) is 22.2. The summed E-state index contributed by atoms with van der Waals surface area (Å²) in [6, 6.07) is 37.7. The summed E-state index contributed by atoms with van der Waals surface area (Å²) in [7, 11) is 0. The zero-order valence-corrected chi connectivity index (χ0v) is 29.6. The average Bonchev–Trinajstić information content (AvgIpc) is 3.67. The number of ether oxygens (including phenoxy) is 1. The molecular weight excluding hydrogens is 762 g/mol. The third-order valence-electron chi connectivity index (χ3n) is 8.14. The van der Waals surface area contributed by atoms with Crippen LogP contribution in [-0.2, 0) is 26.5 Å². The summed E-state index contributed by atoms with van der Waals surface area (Å²) in [5.41, 5.74) is 9.78. The van der Waals surface area contributed by atoms with E-state index in [1.807, 2.05) is 59.3 Å². The molecule has 240 valence electrons. The summed E-state index contributed by atoms with van der Waals surface area (Å²) in [6.07, 6.45) is 3.71. The van der Waals surface area contributed by atoms with Crippen LogP contribution in [0.5, 0.6) is 11.5 Å². The molecule has 47 heavy (non-hydrogen) atoms. The van der Waals surface area contributed by atoms with Gasteiger partial charge in [-0.05, 0) is 56.2 Å². The Hall–Kier alpha value is -4.67. The number of aryl methyl sites for hydroxylation is 3. The molecule has 3 heterocycles. The number of imidazole rings is 1. The van der Waals surface area contributed by atoms with Crippen LogP contribution in [0.25, 0.3) is 17.2 Å². The molecule has 0 spiro atoms. The van der Waals surface area contributed by atoms with Crippen molar-refractivity contribution in [3.8, 4) is 28.7 Å². The molecule has 6 nitrogen and oxygen atoms in total. The third-order valence-corrected chi connectivity index (χ3v) is 8.14. The van der Waals surface area contributed by atoms with E-state index in [0.717, 1.165) is 40.0 Å². The molecule has 0 radical (unpaired) electrons. The minimum atomic E-state index is -0.0621. The third kappa shape index (κ3) is 6.35. The number of aromatic nitrogens is 3. The van der Waals surface area contributed by atoms with Crippen molar-refractivity contribution in [1.82, 2.24) is 14.5 Å². The number of fused-ring (bicyclic) bond motifs is 1. The first kappa shape index (κ1) is 32.3. The maximum Gasteiger partial charge on any atom is 0.130 e. The Kier molecular flexibility index (Phi) is 8.82.